The Labute approximate surface area is 194 Å². The lowest BCUT2D eigenvalue weighted by Gasteiger charge is -2.28. The largest absolute Gasteiger partial charge is 0.282 e. The summed E-state index contributed by atoms with van der Waals surface area (Å²) in [5.41, 5.74) is 1.66. The van der Waals surface area contributed by atoms with E-state index in [-0.39, 0.29) is 16.7 Å². The molecule has 32 heavy (non-hydrogen) atoms. The summed E-state index contributed by atoms with van der Waals surface area (Å²) < 4.78 is 29.0. The predicted octanol–water partition coefficient (Wildman–Crippen LogP) is 4.14. The van der Waals surface area contributed by atoms with Gasteiger partial charge >= 0.3 is 0 Å². The first kappa shape index (κ1) is 21.2. The number of nitrogens with zero attached hydrogens (tertiary/aromatic N) is 4. The molecule has 1 unspecified atom stereocenters. The van der Waals surface area contributed by atoms with Crippen molar-refractivity contribution in [2.75, 3.05) is 11.4 Å². The van der Waals surface area contributed by atoms with Crippen LogP contribution >= 0.6 is 22.7 Å². The summed E-state index contributed by atoms with van der Waals surface area (Å²) >= 11 is 2.59. The van der Waals surface area contributed by atoms with Gasteiger partial charge in [-0.3, -0.25) is 14.7 Å². The fourth-order valence-electron chi connectivity index (χ4n) is 3.87. The van der Waals surface area contributed by atoms with E-state index in [9.17, 15) is 13.2 Å². The van der Waals surface area contributed by atoms with Crippen molar-refractivity contribution >= 4 is 54.0 Å². The maximum atomic E-state index is 13.8. The van der Waals surface area contributed by atoms with Crippen LogP contribution in [0.5, 0.6) is 0 Å². The molecule has 7 nitrogen and oxygen atoms in total. The first-order chi connectivity index (χ1) is 15.5. The summed E-state index contributed by atoms with van der Waals surface area (Å²) in [6, 6.07) is 14.0. The van der Waals surface area contributed by atoms with Gasteiger partial charge in [0, 0.05) is 18.9 Å². The zero-order valence-corrected chi connectivity index (χ0v) is 19.4. The SMILES string of the molecule is O=C(C1CCCN1S(=O)(=O)c1cccs1)N(Cc1cccnc1)c1nc2ccccc2s1. The predicted molar refractivity (Wildman–Crippen MR) is 126 cm³/mol. The molecule has 0 spiro atoms. The molecule has 1 fully saturated rings. The van der Waals surface area contributed by atoms with Gasteiger partial charge in [0.15, 0.2) is 5.13 Å². The molecule has 1 aliphatic rings. The van der Waals surface area contributed by atoms with Crippen LogP contribution in [0.2, 0.25) is 0 Å². The summed E-state index contributed by atoms with van der Waals surface area (Å²) in [5, 5.41) is 2.29. The third kappa shape index (κ3) is 3.95. The molecule has 3 aromatic heterocycles. The van der Waals surface area contributed by atoms with Crippen LogP contribution in [0, 0.1) is 0 Å². The van der Waals surface area contributed by atoms with Crippen molar-refractivity contribution in [3.8, 4) is 0 Å². The number of amides is 1. The highest BCUT2D eigenvalue weighted by atomic mass is 32.2. The summed E-state index contributed by atoms with van der Waals surface area (Å²) in [6.07, 6.45) is 4.52. The number of anilines is 1. The first-order valence-corrected chi connectivity index (χ1v) is 13.3. The Bertz CT molecular complexity index is 1300. The molecule has 10 heteroatoms. The van der Waals surface area contributed by atoms with Crippen molar-refractivity contribution in [3.63, 3.8) is 0 Å². The molecule has 0 radical (unpaired) electrons. The van der Waals surface area contributed by atoms with Crippen molar-refractivity contribution in [3.05, 3.63) is 71.9 Å². The minimum Gasteiger partial charge on any atom is -0.282 e. The number of benzene rings is 1. The summed E-state index contributed by atoms with van der Waals surface area (Å²) in [7, 11) is -3.73. The Kier molecular flexibility index (Phi) is 5.76. The van der Waals surface area contributed by atoms with Crippen LogP contribution in [0.25, 0.3) is 10.2 Å². The van der Waals surface area contributed by atoms with E-state index in [4.69, 9.17) is 0 Å². The number of sulfonamides is 1. The van der Waals surface area contributed by atoms with Crippen LogP contribution in [0.3, 0.4) is 0 Å². The van der Waals surface area contributed by atoms with Crippen LogP contribution in [0.4, 0.5) is 5.13 Å². The lowest BCUT2D eigenvalue weighted by molar-refractivity contribution is -0.121. The normalized spacial score (nSPS) is 17.1. The number of aromatic nitrogens is 2. The third-order valence-electron chi connectivity index (χ3n) is 5.39. The molecule has 4 heterocycles. The fourth-order valence-corrected chi connectivity index (χ4v) is 7.61. The second kappa shape index (κ2) is 8.70. The second-order valence-electron chi connectivity index (χ2n) is 7.46. The van der Waals surface area contributed by atoms with E-state index in [0.29, 0.717) is 24.5 Å². The van der Waals surface area contributed by atoms with E-state index in [0.717, 1.165) is 15.8 Å². The lowest BCUT2D eigenvalue weighted by Crippen LogP contribution is -2.47. The van der Waals surface area contributed by atoms with Gasteiger partial charge in [-0.05, 0) is 48.1 Å². The molecule has 0 bridgehead atoms. The molecule has 1 aromatic carbocycles. The van der Waals surface area contributed by atoms with Crippen LogP contribution < -0.4 is 4.90 Å². The number of hydrogen-bond donors (Lipinski definition) is 0. The molecule has 1 saturated heterocycles. The van der Waals surface area contributed by atoms with Gasteiger partial charge in [-0.2, -0.15) is 4.31 Å². The number of thiophene rings is 1. The first-order valence-electron chi connectivity index (χ1n) is 10.2. The monoisotopic (exact) mass is 484 g/mol. The van der Waals surface area contributed by atoms with Crippen LogP contribution in [-0.4, -0.2) is 41.2 Å². The Morgan fingerprint density at radius 1 is 1.16 bits per heavy atom. The third-order valence-corrected chi connectivity index (χ3v) is 9.73. The van der Waals surface area contributed by atoms with E-state index >= 15 is 0 Å². The van der Waals surface area contributed by atoms with Gasteiger partial charge in [-0.25, -0.2) is 13.4 Å². The van der Waals surface area contributed by atoms with E-state index in [1.54, 1.807) is 34.8 Å². The van der Waals surface area contributed by atoms with Gasteiger partial charge in [0.05, 0.1) is 16.8 Å². The minimum atomic E-state index is -3.73. The Balaban J connectivity index is 1.52. The van der Waals surface area contributed by atoms with Gasteiger partial charge in [0.25, 0.3) is 10.0 Å². The molecule has 0 N–H and O–H groups in total. The van der Waals surface area contributed by atoms with E-state index in [1.807, 2.05) is 36.4 Å². The number of rotatable bonds is 6. The lowest BCUT2D eigenvalue weighted by atomic mass is 10.2. The van der Waals surface area contributed by atoms with Crippen molar-refractivity contribution in [2.45, 2.75) is 29.6 Å². The van der Waals surface area contributed by atoms with E-state index < -0.39 is 16.1 Å². The van der Waals surface area contributed by atoms with Gasteiger partial charge in [0.2, 0.25) is 5.91 Å². The summed E-state index contributed by atoms with van der Waals surface area (Å²) in [5.74, 6) is -0.259. The highest BCUT2D eigenvalue weighted by Crippen LogP contribution is 2.34. The van der Waals surface area contributed by atoms with Crippen LogP contribution in [-0.2, 0) is 21.4 Å². The molecule has 164 valence electrons. The topological polar surface area (TPSA) is 83.5 Å². The van der Waals surface area contributed by atoms with Crippen molar-refractivity contribution in [1.29, 1.82) is 0 Å². The summed E-state index contributed by atoms with van der Waals surface area (Å²) in [4.78, 5) is 24.3. The minimum absolute atomic E-state index is 0.259. The van der Waals surface area contributed by atoms with E-state index in [1.165, 1.54) is 27.0 Å². The highest BCUT2D eigenvalue weighted by molar-refractivity contribution is 7.91. The van der Waals surface area contributed by atoms with Crippen molar-refractivity contribution in [1.82, 2.24) is 14.3 Å². The maximum Gasteiger partial charge on any atom is 0.253 e. The van der Waals surface area contributed by atoms with Crippen molar-refractivity contribution in [2.24, 2.45) is 0 Å². The molecule has 4 aromatic rings. The average molecular weight is 485 g/mol. The zero-order chi connectivity index (χ0) is 22.1. The van der Waals surface area contributed by atoms with Gasteiger partial charge in [-0.1, -0.05) is 35.6 Å². The van der Waals surface area contributed by atoms with Crippen molar-refractivity contribution < 1.29 is 13.2 Å². The highest BCUT2D eigenvalue weighted by Gasteiger charge is 2.42. The fraction of sp³-hybridized carbons (Fsp3) is 0.227. The second-order valence-corrected chi connectivity index (χ2v) is 11.5. The molecule has 1 amide bonds. The number of pyridine rings is 1. The zero-order valence-electron chi connectivity index (χ0n) is 17.0. The van der Waals surface area contributed by atoms with Crippen LogP contribution in [0.1, 0.15) is 18.4 Å². The number of thiazole rings is 1. The molecule has 0 aliphatic carbocycles. The van der Waals surface area contributed by atoms with Crippen LogP contribution in [0.15, 0.2) is 70.5 Å². The Hall–Kier alpha value is -2.66. The number of fused-ring (bicyclic) bond motifs is 1. The molecule has 0 saturated carbocycles. The van der Waals surface area contributed by atoms with Gasteiger partial charge in [-0.15, -0.1) is 11.3 Å². The number of carbonyl (C=O) groups is 1. The number of hydrogen-bond acceptors (Lipinski definition) is 7. The Morgan fingerprint density at radius 2 is 2.03 bits per heavy atom. The number of carbonyl (C=O) groups excluding carboxylic acids is 1. The van der Waals surface area contributed by atoms with E-state index in [2.05, 4.69) is 9.97 Å². The molecule has 5 rings (SSSR count). The smallest absolute Gasteiger partial charge is 0.253 e. The molecule has 1 aliphatic heterocycles. The molecule has 1 atom stereocenters. The van der Waals surface area contributed by atoms with Gasteiger partial charge in [0.1, 0.15) is 10.3 Å². The maximum absolute atomic E-state index is 13.8. The molecular weight excluding hydrogens is 464 g/mol. The summed E-state index contributed by atoms with van der Waals surface area (Å²) in [6.45, 7) is 0.604. The van der Waals surface area contributed by atoms with Gasteiger partial charge < -0.3 is 0 Å². The molecular formula is C22H20N4O3S3. The average Bonchev–Trinajstić information content (AvgIpc) is 3.57. The number of para-hydroxylation sites is 1. The Morgan fingerprint density at radius 3 is 2.78 bits per heavy atom. The standard InChI is InChI=1S/C22H20N4O3S3/c27-21(18-8-4-12-26(18)32(28,29)20-10-5-13-30-20)25(15-16-6-3-11-23-14-16)22-24-17-7-1-2-9-19(17)31-22/h1-3,5-7,9-11,13-14,18H,4,8,12,15H2. The quantitative estimate of drug-likeness (QED) is 0.411.